The zero-order chi connectivity index (χ0) is 17.1. The second kappa shape index (κ2) is 7.36. The Morgan fingerprint density at radius 1 is 1.24 bits per heavy atom. The number of nitrogens with zero attached hydrogens (tertiary/aromatic N) is 2. The predicted molar refractivity (Wildman–Crippen MR) is 95.2 cm³/mol. The summed E-state index contributed by atoms with van der Waals surface area (Å²) in [6.45, 7) is 1.60. The van der Waals surface area contributed by atoms with Crippen LogP contribution in [0.1, 0.15) is 75.8 Å². The topological polar surface area (TPSA) is 70.2 Å². The van der Waals surface area contributed by atoms with Gasteiger partial charge in [0.1, 0.15) is 0 Å². The van der Waals surface area contributed by atoms with Gasteiger partial charge < -0.3 is 15.0 Å². The molecule has 25 heavy (non-hydrogen) atoms. The molecule has 2 atom stereocenters. The Bertz CT molecular complexity index is 562. The van der Waals surface area contributed by atoms with Gasteiger partial charge >= 0.3 is 6.03 Å². The van der Waals surface area contributed by atoms with Crippen LogP contribution in [0, 0.1) is 0 Å². The number of amides is 2. The van der Waals surface area contributed by atoms with Gasteiger partial charge in [0.15, 0.2) is 0 Å². The number of ether oxygens (including phenoxy) is 1. The summed E-state index contributed by atoms with van der Waals surface area (Å²) in [4.78, 5) is 15.0. The van der Waals surface area contributed by atoms with E-state index in [1.807, 2.05) is 17.3 Å². The SMILES string of the molecule is O=C(N[C@@H]1CCOC2(CCCCC2)C1)N1CCCC[C@@H]1c1cn[nH]c1. The Morgan fingerprint density at radius 3 is 2.92 bits per heavy atom. The van der Waals surface area contributed by atoms with E-state index in [2.05, 4.69) is 15.5 Å². The minimum Gasteiger partial charge on any atom is -0.375 e. The fourth-order valence-corrected chi connectivity index (χ4v) is 4.92. The number of aromatic nitrogens is 2. The second-order valence-electron chi connectivity index (χ2n) is 7.97. The second-order valence-corrected chi connectivity index (χ2v) is 7.97. The molecule has 2 amide bonds. The third-order valence-electron chi connectivity index (χ3n) is 6.25. The highest BCUT2D eigenvalue weighted by Gasteiger charge is 2.39. The minimum atomic E-state index is 0.0281. The van der Waals surface area contributed by atoms with Crippen molar-refractivity contribution in [2.45, 2.75) is 81.9 Å². The number of nitrogens with one attached hydrogen (secondary N) is 2. The van der Waals surface area contributed by atoms with E-state index in [0.717, 1.165) is 57.2 Å². The van der Waals surface area contributed by atoms with Crippen LogP contribution in [0.15, 0.2) is 12.4 Å². The highest BCUT2D eigenvalue weighted by atomic mass is 16.5. The summed E-state index contributed by atoms with van der Waals surface area (Å²) in [6.07, 6.45) is 15.1. The van der Waals surface area contributed by atoms with Gasteiger partial charge in [0.05, 0.1) is 17.8 Å². The average molecular weight is 346 g/mol. The molecular formula is C19H30N4O2. The van der Waals surface area contributed by atoms with Gasteiger partial charge in [0.2, 0.25) is 0 Å². The van der Waals surface area contributed by atoms with Gasteiger partial charge in [-0.2, -0.15) is 5.10 Å². The van der Waals surface area contributed by atoms with Gasteiger partial charge in [-0.1, -0.05) is 19.3 Å². The van der Waals surface area contributed by atoms with Crippen molar-refractivity contribution in [1.29, 1.82) is 0 Å². The highest BCUT2D eigenvalue weighted by molar-refractivity contribution is 5.75. The summed E-state index contributed by atoms with van der Waals surface area (Å²) in [6, 6.07) is 0.478. The quantitative estimate of drug-likeness (QED) is 0.860. The van der Waals surface area contributed by atoms with E-state index in [4.69, 9.17) is 4.74 Å². The summed E-state index contributed by atoms with van der Waals surface area (Å²) in [5, 5.41) is 10.3. The van der Waals surface area contributed by atoms with Gasteiger partial charge in [-0.3, -0.25) is 5.10 Å². The maximum Gasteiger partial charge on any atom is 0.318 e. The number of urea groups is 1. The van der Waals surface area contributed by atoms with Gasteiger partial charge in [0.25, 0.3) is 0 Å². The van der Waals surface area contributed by atoms with Crippen molar-refractivity contribution >= 4 is 6.03 Å². The Balaban J connectivity index is 1.40. The third kappa shape index (κ3) is 3.68. The first-order valence-electron chi connectivity index (χ1n) is 9.96. The third-order valence-corrected chi connectivity index (χ3v) is 6.25. The first-order valence-corrected chi connectivity index (χ1v) is 9.96. The summed E-state index contributed by atoms with van der Waals surface area (Å²) in [7, 11) is 0. The minimum absolute atomic E-state index is 0.0281. The van der Waals surface area contributed by atoms with E-state index in [-0.39, 0.29) is 23.7 Å². The van der Waals surface area contributed by atoms with Crippen molar-refractivity contribution < 1.29 is 9.53 Å². The van der Waals surface area contributed by atoms with Crippen molar-refractivity contribution in [3.8, 4) is 0 Å². The van der Waals surface area contributed by atoms with Crippen molar-refractivity contribution in [1.82, 2.24) is 20.4 Å². The molecule has 138 valence electrons. The standard InChI is InChI=1S/C19H30N4O2/c24-18(23-10-5-2-6-17(23)15-13-20-21-14-15)22-16-7-11-25-19(12-16)8-3-1-4-9-19/h13-14,16-17H,1-12H2,(H,20,21)(H,22,24)/t16-,17-/m1/s1. The van der Waals surface area contributed by atoms with Crippen LogP contribution in [0.2, 0.25) is 0 Å². The molecule has 4 rings (SSSR count). The molecule has 1 aromatic heterocycles. The Labute approximate surface area is 149 Å². The van der Waals surface area contributed by atoms with Gasteiger partial charge in [-0.15, -0.1) is 0 Å². The lowest BCUT2D eigenvalue weighted by Gasteiger charge is -2.44. The van der Waals surface area contributed by atoms with Crippen LogP contribution < -0.4 is 5.32 Å². The zero-order valence-electron chi connectivity index (χ0n) is 15.0. The number of rotatable bonds is 2. The molecule has 1 saturated carbocycles. The largest absolute Gasteiger partial charge is 0.375 e. The van der Waals surface area contributed by atoms with E-state index in [1.165, 1.54) is 25.7 Å². The Kier molecular flexibility index (Phi) is 4.97. The van der Waals surface area contributed by atoms with Crippen LogP contribution in [0.4, 0.5) is 4.79 Å². The summed E-state index contributed by atoms with van der Waals surface area (Å²) in [5.74, 6) is 0. The van der Waals surface area contributed by atoms with E-state index >= 15 is 0 Å². The van der Waals surface area contributed by atoms with E-state index < -0.39 is 0 Å². The van der Waals surface area contributed by atoms with Gasteiger partial charge in [-0.05, 0) is 44.9 Å². The van der Waals surface area contributed by atoms with Crippen LogP contribution in [-0.4, -0.2) is 45.9 Å². The molecule has 0 aromatic carbocycles. The van der Waals surface area contributed by atoms with E-state index in [0.29, 0.717) is 0 Å². The van der Waals surface area contributed by atoms with Crippen molar-refractivity contribution in [2.75, 3.05) is 13.2 Å². The molecule has 1 spiro atoms. The number of piperidine rings is 1. The molecule has 3 heterocycles. The van der Waals surface area contributed by atoms with Crippen LogP contribution in [-0.2, 0) is 4.74 Å². The molecule has 1 aliphatic carbocycles. The molecule has 0 bridgehead atoms. The molecule has 1 aromatic rings. The lowest BCUT2D eigenvalue weighted by Crippen LogP contribution is -2.53. The molecule has 2 aliphatic heterocycles. The summed E-state index contributed by atoms with van der Waals surface area (Å²) < 4.78 is 6.17. The number of carbonyl (C=O) groups excluding carboxylic acids is 1. The fourth-order valence-electron chi connectivity index (χ4n) is 4.92. The lowest BCUT2D eigenvalue weighted by molar-refractivity contribution is -0.108. The summed E-state index contributed by atoms with van der Waals surface area (Å²) in [5.41, 5.74) is 1.14. The molecule has 3 aliphatic rings. The van der Waals surface area contributed by atoms with Crippen LogP contribution >= 0.6 is 0 Å². The molecule has 2 N–H and O–H groups in total. The summed E-state index contributed by atoms with van der Waals surface area (Å²) >= 11 is 0. The van der Waals surface area contributed by atoms with E-state index in [1.54, 1.807) is 0 Å². The van der Waals surface area contributed by atoms with Gasteiger partial charge in [0, 0.05) is 31.0 Å². The smallest absolute Gasteiger partial charge is 0.318 e. The van der Waals surface area contributed by atoms with Crippen LogP contribution in [0.3, 0.4) is 0 Å². The Morgan fingerprint density at radius 2 is 2.12 bits per heavy atom. The Hall–Kier alpha value is -1.56. The first kappa shape index (κ1) is 16.9. The maximum atomic E-state index is 13.0. The number of likely N-dealkylation sites (tertiary alicyclic amines) is 1. The number of hydrogen-bond acceptors (Lipinski definition) is 3. The predicted octanol–water partition coefficient (Wildman–Crippen LogP) is 3.53. The molecule has 6 nitrogen and oxygen atoms in total. The average Bonchev–Trinajstić information content (AvgIpc) is 3.17. The van der Waals surface area contributed by atoms with Crippen LogP contribution in [0.25, 0.3) is 0 Å². The first-order chi connectivity index (χ1) is 12.3. The fraction of sp³-hybridized carbons (Fsp3) is 0.789. The highest BCUT2D eigenvalue weighted by Crippen LogP contribution is 2.39. The lowest BCUT2D eigenvalue weighted by atomic mass is 9.78. The number of carbonyl (C=O) groups is 1. The number of aromatic amines is 1. The monoisotopic (exact) mass is 346 g/mol. The molecule has 0 radical (unpaired) electrons. The number of H-pyrrole nitrogens is 1. The molecule has 6 heteroatoms. The number of hydrogen-bond donors (Lipinski definition) is 2. The molecule has 3 fully saturated rings. The molecule has 2 saturated heterocycles. The van der Waals surface area contributed by atoms with Gasteiger partial charge in [-0.25, -0.2) is 4.79 Å². The van der Waals surface area contributed by atoms with Crippen molar-refractivity contribution in [2.24, 2.45) is 0 Å². The normalized spacial score (nSPS) is 29.5. The molecular weight excluding hydrogens is 316 g/mol. The maximum absolute atomic E-state index is 13.0. The molecule has 0 unspecified atom stereocenters. The van der Waals surface area contributed by atoms with E-state index in [9.17, 15) is 4.79 Å². The van der Waals surface area contributed by atoms with Crippen LogP contribution in [0.5, 0.6) is 0 Å². The van der Waals surface area contributed by atoms with Crippen molar-refractivity contribution in [3.63, 3.8) is 0 Å². The zero-order valence-corrected chi connectivity index (χ0v) is 15.0. The van der Waals surface area contributed by atoms with Crippen molar-refractivity contribution in [3.05, 3.63) is 18.0 Å².